The van der Waals surface area contributed by atoms with E-state index >= 15 is 0 Å². The quantitative estimate of drug-likeness (QED) is 0.852. The standard InChI is InChI=1S/C14H16FNO2S/c1-16(7-9-19-2)14(18)12-10-11(4-3-8-17)5-6-13(12)15/h5-6,10,17H,7-9H2,1-2H3. The van der Waals surface area contributed by atoms with Crippen molar-refractivity contribution in [2.75, 3.05) is 32.2 Å². The first-order valence-electron chi connectivity index (χ1n) is 5.73. The van der Waals surface area contributed by atoms with Crippen LogP contribution in [0.4, 0.5) is 4.39 Å². The van der Waals surface area contributed by atoms with Gasteiger partial charge in [0.05, 0.1) is 5.56 Å². The minimum atomic E-state index is -0.560. The van der Waals surface area contributed by atoms with E-state index in [-0.39, 0.29) is 18.1 Å². The van der Waals surface area contributed by atoms with Gasteiger partial charge in [0.2, 0.25) is 0 Å². The molecule has 0 atom stereocenters. The van der Waals surface area contributed by atoms with E-state index in [4.69, 9.17) is 5.11 Å². The number of benzene rings is 1. The zero-order valence-electron chi connectivity index (χ0n) is 10.9. The van der Waals surface area contributed by atoms with Crippen LogP contribution < -0.4 is 0 Å². The Bertz CT molecular complexity index is 508. The molecule has 3 nitrogen and oxygen atoms in total. The highest BCUT2D eigenvalue weighted by molar-refractivity contribution is 7.98. The Kier molecular flexibility index (Phi) is 6.40. The Morgan fingerprint density at radius 3 is 2.89 bits per heavy atom. The summed E-state index contributed by atoms with van der Waals surface area (Å²) in [4.78, 5) is 13.6. The van der Waals surface area contributed by atoms with Crippen molar-refractivity contribution >= 4 is 17.7 Å². The summed E-state index contributed by atoms with van der Waals surface area (Å²) in [6, 6.07) is 4.11. The van der Waals surface area contributed by atoms with Crippen molar-refractivity contribution < 1.29 is 14.3 Å². The van der Waals surface area contributed by atoms with Crippen LogP contribution in [0.15, 0.2) is 18.2 Å². The lowest BCUT2D eigenvalue weighted by atomic mass is 10.1. The molecule has 0 unspecified atom stereocenters. The molecule has 0 aliphatic carbocycles. The Balaban J connectivity index is 2.95. The molecule has 0 aliphatic heterocycles. The molecule has 0 radical (unpaired) electrons. The van der Waals surface area contributed by atoms with Crippen molar-refractivity contribution in [3.05, 3.63) is 35.1 Å². The average molecular weight is 281 g/mol. The molecule has 0 fully saturated rings. The second kappa shape index (κ2) is 7.82. The fraction of sp³-hybridized carbons (Fsp3) is 0.357. The van der Waals surface area contributed by atoms with Crippen molar-refractivity contribution in [2.24, 2.45) is 0 Å². The lowest BCUT2D eigenvalue weighted by Crippen LogP contribution is -2.29. The molecule has 5 heteroatoms. The van der Waals surface area contributed by atoms with Gasteiger partial charge in [-0.1, -0.05) is 11.8 Å². The molecule has 0 aliphatic rings. The zero-order valence-corrected chi connectivity index (χ0v) is 11.8. The third kappa shape index (κ3) is 4.58. The number of hydrogen-bond donors (Lipinski definition) is 1. The summed E-state index contributed by atoms with van der Waals surface area (Å²) in [7, 11) is 1.64. The first-order chi connectivity index (χ1) is 9.10. The van der Waals surface area contributed by atoms with Crippen LogP contribution in [0, 0.1) is 17.7 Å². The Hall–Kier alpha value is -1.51. The van der Waals surface area contributed by atoms with Gasteiger partial charge < -0.3 is 10.0 Å². The number of aliphatic hydroxyl groups is 1. The van der Waals surface area contributed by atoms with Gasteiger partial charge in [0.25, 0.3) is 5.91 Å². The molecular weight excluding hydrogens is 265 g/mol. The molecule has 0 aromatic heterocycles. The molecule has 0 bridgehead atoms. The first-order valence-corrected chi connectivity index (χ1v) is 7.13. The van der Waals surface area contributed by atoms with Gasteiger partial charge in [-0.25, -0.2) is 4.39 Å². The molecule has 1 aromatic carbocycles. The van der Waals surface area contributed by atoms with E-state index in [2.05, 4.69) is 11.8 Å². The lowest BCUT2D eigenvalue weighted by Gasteiger charge is -2.17. The van der Waals surface area contributed by atoms with Crippen LogP contribution in [0.3, 0.4) is 0 Å². The van der Waals surface area contributed by atoms with Crippen LogP contribution in [0.25, 0.3) is 0 Å². The number of carbonyl (C=O) groups is 1. The maximum atomic E-state index is 13.7. The van der Waals surface area contributed by atoms with E-state index < -0.39 is 5.82 Å². The summed E-state index contributed by atoms with van der Waals surface area (Å²) in [5.74, 6) is 5.00. The van der Waals surface area contributed by atoms with Crippen LogP contribution in [0.1, 0.15) is 15.9 Å². The van der Waals surface area contributed by atoms with Crippen LogP contribution in [-0.4, -0.2) is 48.1 Å². The van der Waals surface area contributed by atoms with Crippen molar-refractivity contribution in [1.29, 1.82) is 0 Å². The topological polar surface area (TPSA) is 40.5 Å². The Morgan fingerprint density at radius 2 is 2.26 bits per heavy atom. The molecule has 0 spiro atoms. The van der Waals surface area contributed by atoms with Crippen LogP contribution in [0.2, 0.25) is 0 Å². The summed E-state index contributed by atoms with van der Waals surface area (Å²) >= 11 is 1.62. The highest BCUT2D eigenvalue weighted by Crippen LogP contribution is 2.12. The second-order valence-corrected chi connectivity index (χ2v) is 4.86. The number of aliphatic hydroxyl groups excluding tert-OH is 1. The number of rotatable bonds is 4. The summed E-state index contributed by atoms with van der Waals surface area (Å²) in [5, 5.41) is 8.62. The lowest BCUT2D eigenvalue weighted by molar-refractivity contribution is 0.0799. The predicted octanol–water partition coefficient (Wildman–Crippen LogP) is 1.60. The average Bonchev–Trinajstić information content (AvgIpc) is 2.43. The van der Waals surface area contributed by atoms with Gasteiger partial charge in [0.15, 0.2) is 0 Å². The largest absolute Gasteiger partial charge is 0.384 e. The number of amides is 1. The second-order valence-electron chi connectivity index (χ2n) is 3.87. The molecule has 1 rings (SSSR count). The first kappa shape index (κ1) is 15.5. The van der Waals surface area contributed by atoms with Gasteiger partial charge >= 0.3 is 0 Å². The van der Waals surface area contributed by atoms with Crippen molar-refractivity contribution in [3.63, 3.8) is 0 Å². The molecule has 0 heterocycles. The summed E-state index contributed by atoms with van der Waals surface area (Å²) in [5.41, 5.74) is 0.519. The summed E-state index contributed by atoms with van der Waals surface area (Å²) in [6.45, 7) is 0.292. The molecule has 1 aromatic rings. The van der Waals surface area contributed by atoms with Gasteiger partial charge in [0.1, 0.15) is 12.4 Å². The minimum absolute atomic E-state index is 0.00772. The fourth-order valence-electron chi connectivity index (χ4n) is 1.44. The van der Waals surface area contributed by atoms with Gasteiger partial charge in [-0.15, -0.1) is 0 Å². The van der Waals surface area contributed by atoms with Gasteiger partial charge in [-0.2, -0.15) is 11.8 Å². The van der Waals surface area contributed by atoms with E-state index in [0.29, 0.717) is 12.1 Å². The predicted molar refractivity (Wildman–Crippen MR) is 75.7 cm³/mol. The van der Waals surface area contributed by atoms with Crippen LogP contribution in [0.5, 0.6) is 0 Å². The Labute approximate surface area is 116 Å². The highest BCUT2D eigenvalue weighted by atomic mass is 32.2. The molecule has 102 valence electrons. The third-order valence-electron chi connectivity index (χ3n) is 2.49. The number of halogens is 1. The minimum Gasteiger partial charge on any atom is -0.384 e. The number of nitrogens with zero attached hydrogens (tertiary/aromatic N) is 1. The van der Waals surface area contributed by atoms with Gasteiger partial charge in [0, 0.05) is 24.9 Å². The maximum absolute atomic E-state index is 13.7. The van der Waals surface area contributed by atoms with Crippen molar-refractivity contribution in [1.82, 2.24) is 4.90 Å². The van der Waals surface area contributed by atoms with E-state index in [0.717, 1.165) is 5.75 Å². The van der Waals surface area contributed by atoms with E-state index in [1.165, 1.54) is 23.1 Å². The number of hydrogen-bond acceptors (Lipinski definition) is 3. The fourth-order valence-corrected chi connectivity index (χ4v) is 1.90. The van der Waals surface area contributed by atoms with E-state index in [9.17, 15) is 9.18 Å². The van der Waals surface area contributed by atoms with Gasteiger partial charge in [-0.3, -0.25) is 4.79 Å². The number of thioether (sulfide) groups is 1. The number of carbonyl (C=O) groups excluding carboxylic acids is 1. The normalized spacial score (nSPS) is 9.68. The smallest absolute Gasteiger partial charge is 0.256 e. The Morgan fingerprint density at radius 1 is 1.53 bits per heavy atom. The SMILES string of the molecule is CSCCN(C)C(=O)c1cc(C#CCO)ccc1F. The maximum Gasteiger partial charge on any atom is 0.256 e. The molecular formula is C14H16FNO2S. The highest BCUT2D eigenvalue weighted by Gasteiger charge is 2.16. The summed E-state index contributed by atoms with van der Waals surface area (Å²) < 4.78 is 13.7. The zero-order chi connectivity index (χ0) is 14.3. The van der Waals surface area contributed by atoms with Crippen LogP contribution >= 0.6 is 11.8 Å². The van der Waals surface area contributed by atoms with Crippen molar-refractivity contribution in [3.8, 4) is 11.8 Å². The monoisotopic (exact) mass is 281 g/mol. The van der Waals surface area contributed by atoms with E-state index in [1.54, 1.807) is 18.8 Å². The van der Waals surface area contributed by atoms with Crippen molar-refractivity contribution in [2.45, 2.75) is 0 Å². The van der Waals surface area contributed by atoms with E-state index in [1.807, 2.05) is 6.26 Å². The molecule has 1 amide bonds. The molecule has 1 N–H and O–H groups in total. The van der Waals surface area contributed by atoms with Crippen LogP contribution in [-0.2, 0) is 0 Å². The van der Waals surface area contributed by atoms with Gasteiger partial charge in [-0.05, 0) is 24.5 Å². The molecule has 19 heavy (non-hydrogen) atoms. The molecule has 0 saturated carbocycles. The molecule has 0 saturated heterocycles. The third-order valence-corrected chi connectivity index (χ3v) is 3.08. The summed E-state index contributed by atoms with van der Waals surface area (Å²) in [6.07, 6.45) is 1.95.